The number of carboxylic acids is 1. The van der Waals surface area contributed by atoms with Crippen LogP contribution in [0.25, 0.3) is 11.3 Å². The second-order valence-corrected chi connectivity index (χ2v) is 12.7. The fourth-order valence-electron chi connectivity index (χ4n) is 5.31. The first-order chi connectivity index (χ1) is 24.8. The minimum Gasteiger partial charge on any atom is -0.478 e. The largest absolute Gasteiger partial charge is 0.478 e. The Morgan fingerprint density at radius 2 is 1.57 bits per heavy atom. The lowest BCUT2D eigenvalue weighted by molar-refractivity contribution is -0.137. The summed E-state index contributed by atoms with van der Waals surface area (Å²) in [6.45, 7) is 6.50. The lowest BCUT2D eigenvalue weighted by Crippen LogP contribution is -2.24. The Morgan fingerprint density at radius 3 is 2.17 bits per heavy atom. The molecule has 11 nitrogen and oxygen atoms in total. The topological polar surface area (TPSA) is 152 Å². The average molecular weight is 734 g/mol. The van der Waals surface area contributed by atoms with Crippen molar-refractivity contribution in [2.45, 2.75) is 59.2 Å². The highest BCUT2D eigenvalue weighted by Gasteiger charge is 2.30. The van der Waals surface area contributed by atoms with E-state index in [-0.39, 0.29) is 57.8 Å². The number of ether oxygens (including phenoxy) is 2. The average Bonchev–Trinajstić information content (AvgIpc) is 3.08. The van der Waals surface area contributed by atoms with Crippen LogP contribution >= 0.6 is 0 Å². The van der Waals surface area contributed by atoms with Crippen molar-refractivity contribution in [2.24, 2.45) is 0 Å². The van der Waals surface area contributed by atoms with Crippen LogP contribution in [0.3, 0.4) is 0 Å². The van der Waals surface area contributed by atoms with Crippen LogP contribution in [-0.4, -0.2) is 64.9 Å². The van der Waals surface area contributed by atoms with Gasteiger partial charge in [0.05, 0.1) is 39.7 Å². The first-order valence-corrected chi connectivity index (χ1v) is 16.5. The highest BCUT2D eigenvalue weighted by Crippen LogP contribution is 2.32. The molecule has 3 aromatic carbocycles. The number of amides is 2. The number of carbonyl (C=O) groups excluding carboxylic acids is 4. The zero-order valence-corrected chi connectivity index (χ0v) is 29.9. The number of benzene rings is 3. The number of nitrogens with zero attached hydrogens (tertiary/aromatic N) is 2. The zero-order chi connectivity index (χ0) is 39.2. The number of anilines is 1. The van der Waals surface area contributed by atoms with Crippen molar-refractivity contribution in [3.05, 3.63) is 111 Å². The van der Waals surface area contributed by atoms with Gasteiger partial charge in [0.15, 0.2) is 0 Å². The normalized spacial score (nSPS) is 11.2. The number of halogens is 3. The van der Waals surface area contributed by atoms with E-state index in [1.807, 2.05) is 0 Å². The quantitative estimate of drug-likeness (QED) is 0.111. The summed E-state index contributed by atoms with van der Waals surface area (Å²) >= 11 is 0. The summed E-state index contributed by atoms with van der Waals surface area (Å²) in [5, 5.41) is 12.5. The van der Waals surface area contributed by atoms with Crippen molar-refractivity contribution < 1.29 is 51.7 Å². The van der Waals surface area contributed by atoms with Gasteiger partial charge >= 0.3 is 24.1 Å². The third kappa shape index (κ3) is 10.1. The van der Waals surface area contributed by atoms with Gasteiger partial charge in [0.2, 0.25) is 0 Å². The predicted molar refractivity (Wildman–Crippen MR) is 189 cm³/mol. The van der Waals surface area contributed by atoms with Crippen molar-refractivity contribution in [3.63, 3.8) is 0 Å². The Bertz CT molecular complexity index is 2060. The molecule has 53 heavy (non-hydrogen) atoms. The molecule has 0 atom stereocenters. The molecule has 0 aliphatic rings. The number of aromatic carboxylic acids is 1. The summed E-state index contributed by atoms with van der Waals surface area (Å²) in [6, 6.07) is 14.6. The maximum atomic E-state index is 13.6. The molecule has 0 unspecified atom stereocenters. The maximum Gasteiger partial charge on any atom is 0.416 e. The number of aromatic nitrogens is 1. The van der Waals surface area contributed by atoms with Gasteiger partial charge in [-0.25, -0.2) is 9.59 Å². The van der Waals surface area contributed by atoms with Crippen molar-refractivity contribution in [1.82, 2.24) is 9.88 Å². The van der Waals surface area contributed by atoms with Gasteiger partial charge in [-0.2, -0.15) is 13.2 Å². The standard InChI is InChI=1S/C39H38F3N3O8/c1-21(2)52-38(51)26-18-22(3)34(30(20-26)37(49)50)53-32(46)9-7-8-24-11-17-31(29(19-24)36(48)45(5)6)44-35(47)28-16-10-23(4)43-33(28)25-12-14-27(15-13-25)39(40,41)42/h10-21H,7-9H2,1-6H3,(H,44,47)(H,49,50). The zero-order valence-electron chi connectivity index (χ0n) is 29.9. The Morgan fingerprint density at radius 1 is 0.887 bits per heavy atom. The molecule has 278 valence electrons. The van der Waals surface area contributed by atoms with Gasteiger partial charge in [-0.1, -0.05) is 18.2 Å². The van der Waals surface area contributed by atoms with Gasteiger partial charge < -0.3 is 24.8 Å². The summed E-state index contributed by atoms with van der Waals surface area (Å²) in [5.74, 6) is -4.07. The minimum absolute atomic E-state index is 0.00577. The fraction of sp³-hybridized carbons (Fsp3) is 0.282. The Hall–Kier alpha value is -6.05. The third-order valence-electron chi connectivity index (χ3n) is 7.88. The molecule has 14 heteroatoms. The lowest BCUT2D eigenvalue weighted by Gasteiger charge is -2.17. The van der Waals surface area contributed by atoms with Crippen LogP contribution < -0.4 is 10.1 Å². The molecule has 0 fully saturated rings. The molecule has 0 aliphatic carbocycles. The molecule has 2 N–H and O–H groups in total. The Balaban J connectivity index is 1.50. The van der Waals surface area contributed by atoms with Gasteiger partial charge in [0.1, 0.15) is 11.3 Å². The second-order valence-electron chi connectivity index (χ2n) is 12.7. The van der Waals surface area contributed by atoms with Gasteiger partial charge in [0.25, 0.3) is 11.8 Å². The van der Waals surface area contributed by atoms with Crippen LogP contribution in [0.2, 0.25) is 0 Å². The highest BCUT2D eigenvalue weighted by molar-refractivity contribution is 6.11. The minimum atomic E-state index is -4.53. The van der Waals surface area contributed by atoms with Crippen LogP contribution in [-0.2, 0) is 22.1 Å². The van der Waals surface area contributed by atoms with Crippen LogP contribution in [0.1, 0.15) is 90.5 Å². The van der Waals surface area contributed by atoms with E-state index in [9.17, 15) is 42.3 Å². The molecular formula is C39H38F3N3O8. The highest BCUT2D eigenvalue weighted by atomic mass is 19.4. The number of aryl methyl sites for hydroxylation is 3. The van der Waals surface area contributed by atoms with E-state index in [4.69, 9.17) is 9.47 Å². The van der Waals surface area contributed by atoms with E-state index in [0.29, 0.717) is 23.2 Å². The molecule has 0 aliphatic heterocycles. The molecule has 0 bridgehead atoms. The number of nitrogens with one attached hydrogen (secondary N) is 1. The number of alkyl halides is 3. The van der Waals surface area contributed by atoms with Crippen LogP contribution in [0.4, 0.5) is 18.9 Å². The second kappa shape index (κ2) is 16.5. The van der Waals surface area contributed by atoms with E-state index in [0.717, 1.165) is 18.2 Å². The molecule has 0 saturated carbocycles. The molecule has 2 amide bonds. The Labute approximate surface area is 303 Å². The number of carboxylic acid groups (broad SMARTS) is 1. The van der Waals surface area contributed by atoms with E-state index < -0.39 is 47.6 Å². The van der Waals surface area contributed by atoms with Crippen LogP contribution in [0.5, 0.6) is 5.75 Å². The summed E-state index contributed by atoms with van der Waals surface area (Å²) < 4.78 is 50.0. The molecule has 0 radical (unpaired) electrons. The van der Waals surface area contributed by atoms with Gasteiger partial charge in [0, 0.05) is 31.8 Å². The molecule has 0 spiro atoms. The number of rotatable bonds is 12. The summed E-state index contributed by atoms with van der Waals surface area (Å²) in [5.41, 5.74) is 1.09. The SMILES string of the molecule is Cc1ccc(C(=O)Nc2ccc(CCCC(=O)Oc3c(C)cc(C(=O)OC(C)C)cc3C(=O)O)cc2C(=O)N(C)C)c(-c2ccc(C(F)(F)F)cc2)n1. The maximum absolute atomic E-state index is 13.6. The number of hydrogen-bond donors (Lipinski definition) is 2. The van der Waals surface area contributed by atoms with Crippen LogP contribution in [0.15, 0.2) is 66.7 Å². The van der Waals surface area contributed by atoms with Crippen molar-refractivity contribution in [2.75, 3.05) is 19.4 Å². The van der Waals surface area contributed by atoms with Crippen molar-refractivity contribution in [3.8, 4) is 17.0 Å². The van der Waals surface area contributed by atoms with Gasteiger partial charge in [-0.3, -0.25) is 19.4 Å². The number of carbonyl (C=O) groups is 5. The van der Waals surface area contributed by atoms with E-state index >= 15 is 0 Å². The lowest BCUT2D eigenvalue weighted by atomic mass is 10.0. The fourth-order valence-corrected chi connectivity index (χ4v) is 5.31. The molecule has 0 saturated heterocycles. The first-order valence-electron chi connectivity index (χ1n) is 16.5. The van der Waals surface area contributed by atoms with Gasteiger partial charge in [-0.15, -0.1) is 0 Å². The summed E-state index contributed by atoms with van der Waals surface area (Å²) in [6.07, 6.45) is -4.51. The van der Waals surface area contributed by atoms with E-state index in [2.05, 4.69) is 10.3 Å². The molecule has 1 aromatic heterocycles. The van der Waals surface area contributed by atoms with Crippen molar-refractivity contribution in [1.29, 1.82) is 0 Å². The molecule has 4 rings (SSSR count). The number of esters is 2. The number of pyridine rings is 1. The predicted octanol–water partition coefficient (Wildman–Crippen LogP) is 7.53. The first kappa shape index (κ1) is 39.7. The summed E-state index contributed by atoms with van der Waals surface area (Å²) in [7, 11) is 3.08. The third-order valence-corrected chi connectivity index (χ3v) is 7.88. The number of hydrogen-bond acceptors (Lipinski definition) is 8. The van der Waals surface area contributed by atoms with E-state index in [1.165, 1.54) is 56.3 Å². The van der Waals surface area contributed by atoms with Crippen LogP contribution in [0, 0.1) is 13.8 Å². The molecule has 4 aromatic rings. The van der Waals surface area contributed by atoms with Crippen molar-refractivity contribution >= 4 is 35.4 Å². The Kier molecular flexibility index (Phi) is 12.4. The smallest absolute Gasteiger partial charge is 0.416 e. The monoisotopic (exact) mass is 733 g/mol. The van der Waals surface area contributed by atoms with E-state index in [1.54, 1.807) is 39.0 Å². The van der Waals surface area contributed by atoms with Gasteiger partial charge in [-0.05, 0) is 100 Å². The summed E-state index contributed by atoms with van der Waals surface area (Å²) in [4.78, 5) is 69.7. The molecular weight excluding hydrogens is 695 g/mol. The molecule has 1 heterocycles.